The zero-order valence-electron chi connectivity index (χ0n) is 21.9. The third-order valence-electron chi connectivity index (χ3n) is 7.33. The largest absolute Gasteiger partial charge is 0.387 e. The minimum Gasteiger partial charge on any atom is -0.387 e. The smallest absolute Gasteiger partial charge is 0.181 e. The van der Waals surface area contributed by atoms with E-state index in [9.17, 15) is 23.4 Å². The highest BCUT2D eigenvalue weighted by molar-refractivity contribution is 5.83. The maximum Gasteiger partial charge on any atom is 0.181 e. The second-order valence-corrected chi connectivity index (χ2v) is 10.5. The standard InChI is InChI=1S/C27H30F3N7O2/c1-26(2,38)27(3,39)23-11-21-22(13-31-23)34-25(24(33-21)18-12-32-37(15-18)16-28)36-8-6-35(7-9-36)14-17-4-5-19(29)10-20(17)30/h4-5,10-13,15,38-39H,6-9,14,16H2,1-3H3/t27-/m1/s1. The Morgan fingerprint density at radius 3 is 2.33 bits per heavy atom. The van der Waals surface area contributed by atoms with Gasteiger partial charge in [-0.2, -0.15) is 5.10 Å². The number of fused-ring (bicyclic) bond motifs is 1. The van der Waals surface area contributed by atoms with Crippen molar-refractivity contribution in [2.24, 2.45) is 0 Å². The molecule has 206 valence electrons. The van der Waals surface area contributed by atoms with Gasteiger partial charge in [0.05, 0.1) is 29.2 Å². The van der Waals surface area contributed by atoms with Crippen LogP contribution in [0.1, 0.15) is 32.0 Å². The number of halogens is 3. The number of anilines is 1. The Balaban J connectivity index is 1.47. The Morgan fingerprint density at radius 2 is 1.69 bits per heavy atom. The monoisotopic (exact) mass is 541 g/mol. The van der Waals surface area contributed by atoms with Gasteiger partial charge < -0.3 is 15.1 Å². The molecule has 3 aromatic heterocycles. The van der Waals surface area contributed by atoms with Crippen molar-refractivity contribution in [3.8, 4) is 11.3 Å². The molecule has 0 saturated carbocycles. The molecule has 39 heavy (non-hydrogen) atoms. The first-order valence-corrected chi connectivity index (χ1v) is 12.6. The molecule has 0 unspecified atom stereocenters. The molecule has 9 nitrogen and oxygen atoms in total. The van der Waals surface area contributed by atoms with Crippen LogP contribution in [0.3, 0.4) is 0 Å². The van der Waals surface area contributed by atoms with Gasteiger partial charge in [-0.3, -0.25) is 9.88 Å². The van der Waals surface area contributed by atoms with Crippen molar-refractivity contribution in [3.05, 3.63) is 65.7 Å². The fraction of sp³-hybridized carbons (Fsp3) is 0.407. The van der Waals surface area contributed by atoms with E-state index < -0.39 is 29.6 Å². The summed E-state index contributed by atoms with van der Waals surface area (Å²) in [5.74, 6) is -0.609. The van der Waals surface area contributed by atoms with Crippen molar-refractivity contribution >= 4 is 16.9 Å². The summed E-state index contributed by atoms with van der Waals surface area (Å²) in [5.41, 5.74) is -0.473. The van der Waals surface area contributed by atoms with Gasteiger partial charge in [0.15, 0.2) is 12.6 Å². The zero-order valence-corrected chi connectivity index (χ0v) is 21.9. The van der Waals surface area contributed by atoms with Crippen LogP contribution in [0, 0.1) is 11.6 Å². The van der Waals surface area contributed by atoms with Crippen molar-refractivity contribution < 1.29 is 23.4 Å². The molecule has 0 spiro atoms. The maximum absolute atomic E-state index is 14.2. The van der Waals surface area contributed by atoms with E-state index in [1.807, 2.05) is 4.90 Å². The molecule has 0 bridgehead atoms. The van der Waals surface area contributed by atoms with E-state index in [4.69, 9.17) is 9.97 Å². The van der Waals surface area contributed by atoms with Crippen molar-refractivity contribution in [2.75, 3.05) is 31.1 Å². The molecule has 2 N–H and O–H groups in total. The predicted molar refractivity (Wildman–Crippen MR) is 139 cm³/mol. The number of aromatic nitrogens is 5. The van der Waals surface area contributed by atoms with Gasteiger partial charge >= 0.3 is 0 Å². The van der Waals surface area contributed by atoms with Gasteiger partial charge in [-0.15, -0.1) is 0 Å². The summed E-state index contributed by atoms with van der Waals surface area (Å²) in [6.07, 6.45) is 4.56. The molecule has 0 aliphatic carbocycles. The Hall–Kier alpha value is -3.61. The average Bonchev–Trinajstić information content (AvgIpc) is 3.38. The summed E-state index contributed by atoms with van der Waals surface area (Å²) in [4.78, 5) is 18.1. The molecule has 5 rings (SSSR count). The van der Waals surface area contributed by atoms with Crippen LogP contribution in [0.15, 0.2) is 42.9 Å². The molecule has 0 amide bonds. The molecular weight excluding hydrogens is 511 g/mol. The van der Waals surface area contributed by atoms with E-state index in [1.165, 1.54) is 45.3 Å². The first-order chi connectivity index (χ1) is 18.5. The molecule has 4 heterocycles. The molecule has 12 heteroatoms. The normalized spacial score (nSPS) is 16.6. The number of hydrogen-bond acceptors (Lipinski definition) is 8. The lowest BCUT2D eigenvalue weighted by Gasteiger charge is -2.36. The molecule has 0 radical (unpaired) electrons. The number of hydrogen-bond donors (Lipinski definition) is 2. The van der Waals surface area contributed by atoms with Gasteiger partial charge in [-0.25, -0.2) is 27.8 Å². The first-order valence-electron chi connectivity index (χ1n) is 12.6. The summed E-state index contributed by atoms with van der Waals surface area (Å²) in [6, 6.07) is 5.19. The van der Waals surface area contributed by atoms with Crippen LogP contribution >= 0.6 is 0 Å². The van der Waals surface area contributed by atoms with Crippen LogP contribution in [0.5, 0.6) is 0 Å². The lowest BCUT2D eigenvalue weighted by molar-refractivity contribution is -0.127. The number of aliphatic hydroxyl groups is 2. The predicted octanol–water partition coefficient (Wildman–Crippen LogP) is 3.39. The van der Waals surface area contributed by atoms with Crippen LogP contribution in [0.2, 0.25) is 0 Å². The van der Waals surface area contributed by atoms with E-state index in [-0.39, 0.29) is 5.69 Å². The van der Waals surface area contributed by atoms with E-state index in [0.29, 0.717) is 66.4 Å². The number of nitrogens with zero attached hydrogens (tertiary/aromatic N) is 7. The van der Waals surface area contributed by atoms with Gasteiger partial charge in [0.2, 0.25) is 0 Å². The van der Waals surface area contributed by atoms with Crippen molar-refractivity contribution in [3.63, 3.8) is 0 Å². The number of alkyl halides is 1. The van der Waals surface area contributed by atoms with Gasteiger partial charge in [0.25, 0.3) is 0 Å². The highest BCUT2D eigenvalue weighted by Crippen LogP contribution is 2.34. The number of pyridine rings is 1. The molecule has 1 aromatic carbocycles. The number of benzene rings is 1. The molecular formula is C27H30F3N7O2. The molecule has 1 fully saturated rings. The van der Waals surface area contributed by atoms with E-state index in [2.05, 4.69) is 15.0 Å². The summed E-state index contributed by atoms with van der Waals surface area (Å²) in [6.45, 7) is 6.36. The minimum absolute atomic E-state index is 0.233. The summed E-state index contributed by atoms with van der Waals surface area (Å²) < 4.78 is 41.9. The topological polar surface area (TPSA) is 103 Å². The van der Waals surface area contributed by atoms with Crippen molar-refractivity contribution in [2.45, 2.75) is 45.3 Å². The van der Waals surface area contributed by atoms with Crippen molar-refractivity contribution in [1.82, 2.24) is 29.6 Å². The van der Waals surface area contributed by atoms with Crippen LogP contribution < -0.4 is 4.90 Å². The second-order valence-electron chi connectivity index (χ2n) is 10.5. The van der Waals surface area contributed by atoms with E-state index in [0.717, 1.165) is 10.7 Å². The molecule has 4 aromatic rings. The molecule has 1 aliphatic rings. The number of rotatable bonds is 7. The molecule has 1 aliphatic heterocycles. The lowest BCUT2D eigenvalue weighted by atomic mass is 9.84. The summed E-state index contributed by atoms with van der Waals surface area (Å²) in [5, 5.41) is 25.5. The fourth-order valence-corrected chi connectivity index (χ4v) is 4.50. The third kappa shape index (κ3) is 5.32. The Bertz CT molecular complexity index is 1490. The van der Waals surface area contributed by atoms with Crippen LogP contribution in [0.25, 0.3) is 22.3 Å². The lowest BCUT2D eigenvalue weighted by Crippen LogP contribution is -2.46. The molecule has 1 saturated heterocycles. The average molecular weight is 542 g/mol. The minimum atomic E-state index is -1.65. The Labute approximate surface area is 223 Å². The van der Waals surface area contributed by atoms with E-state index >= 15 is 0 Å². The summed E-state index contributed by atoms with van der Waals surface area (Å²) >= 11 is 0. The fourth-order valence-electron chi connectivity index (χ4n) is 4.50. The van der Waals surface area contributed by atoms with Gasteiger partial charge in [-0.05, 0) is 32.9 Å². The molecule has 1 atom stereocenters. The first kappa shape index (κ1) is 27.0. The van der Waals surface area contributed by atoms with Crippen LogP contribution in [-0.2, 0) is 18.9 Å². The summed E-state index contributed by atoms with van der Waals surface area (Å²) in [7, 11) is 0. The van der Waals surface area contributed by atoms with E-state index in [1.54, 1.807) is 12.3 Å². The highest BCUT2D eigenvalue weighted by atomic mass is 19.1. The van der Waals surface area contributed by atoms with Gasteiger partial charge in [0, 0.05) is 56.1 Å². The van der Waals surface area contributed by atoms with Crippen LogP contribution in [-0.4, -0.2) is 71.6 Å². The highest BCUT2D eigenvalue weighted by Gasteiger charge is 2.40. The SMILES string of the molecule is CC(C)(O)[C@](C)(O)c1cc2nc(-c3cnn(CF)c3)c(N3CCN(Cc4ccc(F)cc4F)CC3)nc2cn1. The van der Waals surface area contributed by atoms with Gasteiger partial charge in [0.1, 0.15) is 28.4 Å². The zero-order chi connectivity index (χ0) is 27.9. The second kappa shape index (κ2) is 10.2. The maximum atomic E-state index is 14.2. The Morgan fingerprint density at radius 1 is 0.949 bits per heavy atom. The van der Waals surface area contributed by atoms with Crippen LogP contribution in [0.4, 0.5) is 19.0 Å². The Kier molecular flexibility index (Phi) is 7.04. The third-order valence-corrected chi connectivity index (χ3v) is 7.33. The number of piperazine rings is 1. The quantitative estimate of drug-likeness (QED) is 0.367. The van der Waals surface area contributed by atoms with Gasteiger partial charge in [-0.1, -0.05) is 6.07 Å². The van der Waals surface area contributed by atoms with Crippen molar-refractivity contribution in [1.29, 1.82) is 0 Å².